The Morgan fingerprint density at radius 3 is 2.88 bits per heavy atom. The predicted molar refractivity (Wildman–Crippen MR) is 64.8 cm³/mol. The van der Waals surface area contributed by atoms with Crippen molar-refractivity contribution in [2.45, 2.75) is 25.5 Å². The standard InChI is InChI=1S/C11H14Cl2N2O/c1-11(16)2-3-15(7-11)6-8-5-14-10(13)4-9(8)12/h4-5,16H,2-3,6-7H2,1H3. The van der Waals surface area contributed by atoms with E-state index in [2.05, 4.69) is 9.88 Å². The molecule has 1 unspecified atom stereocenters. The highest BCUT2D eigenvalue weighted by Crippen LogP contribution is 2.25. The van der Waals surface area contributed by atoms with Crippen molar-refractivity contribution >= 4 is 23.2 Å². The fraction of sp³-hybridized carbons (Fsp3) is 0.545. The number of likely N-dealkylation sites (tertiary alicyclic amines) is 1. The van der Waals surface area contributed by atoms with Crippen LogP contribution in [-0.2, 0) is 6.54 Å². The first kappa shape index (κ1) is 12.1. The number of pyridine rings is 1. The Hall–Kier alpha value is -0.350. The minimum Gasteiger partial charge on any atom is -0.389 e. The Labute approximate surface area is 105 Å². The number of rotatable bonds is 2. The van der Waals surface area contributed by atoms with Gasteiger partial charge in [-0.25, -0.2) is 4.98 Å². The van der Waals surface area contributed by atoms with Gasteiger partial charge in [0, 0.05) is 36.4 Å². The number of aromatic nitrogens is 1. The van der Waals surface area contributed by atoms with E-state index in [1.54, 1.807) is 12.3 Å². The lowest BCUT2D eigenvalue weighted by Gasteiger charge is -2.19. The zero-order valence-corrected chi connectivity index (χ0v) is 10.6. The molecule has 3 nitrogen and oxygen atoms in total. The zero-order chi connectivity index (χ0) is 11.8. The molecule has 1 aliphatic rings. The van der Waals surface area contributed by atoms with E-state index in [1.165, 1.54) is 0 Å². The van der Waals surface area contributed by atoms with E-state index in [0.717, 1.165) is 18.5 Å². The van der Waals surface area contributed by atoms with Crippen LogP contribution >= 0.6 is 23.2 Å². The van der Waals surface area contributed by atoms with Crippen LogP contribution in [0.3, 0.4) is 0 Å². The maximum absolute atomic E-state index is 9.84. The van der Waals surface area contributed by atoms with Crippen molar-refractivity contribution in [2.24, 2.45) is 0 Å². The zero-order valence-electron chi connectivity index (χ0n) is 9.08. The normalized spacial score (nSPS) is 26.2. The van der Waals surface area contributed by atoms with Crippen LogP contribution in [-0.4, -0.2) is 33.7 Å². The first-order chi connectivity index (χ1) is 7.46. The highest BCUT2D eigenvalue weighted by atomic mass is 35.5. The molecule has 0 bridgehead atoms. The van der Waals surface area contributed by atoms with Crippen molar-refractivity contribution in [1.82, 2.24) is 9.88 Å². The summed E-state index contributed by atoms with van der Waals surface area (Å²) in [7, 11) is 0. The van der Waals surface area contributed by atoms with Crippen LogP contribution in [0.4, 0.5) is 0 Å². The predicted octanol–water partition coefficient (Wildman–Crippen LogP) is 2.35. The molecule has 1 fully saturated rings. The summed E-state index contributed by atoms with van der Waals surface area (Å²) < 4.78 is 0. The lowest BCUT2D eigenvalue weighted by Crippen LogP contribution is -2.29. The molecule has 0 aliphatic carbocycles. The summed E-state index contributed by atoms with van der Waals surface area (Å²) in [5, 5.41) is 10.9. The summed E-state index contributed by atoms with van der Waals surface area (Å²) in [5.41, 5.74) is 0.371. The Morgan fingerprint density at radius 2 is 2.31 bits per heavy atom. The van der Waals surface area contributed by atoms with Crippen molar-refractivity contribution in [3.05, 3.63) is 28.0 Å². The van der Waals surface area contributed by atoms with Crippen LogP contribution in [0.2, 0.25) is 10.2 Å². The number of hydrogen-bond acceptors (Lipinski definition) is 3. The number of aliphatic hydroxyl groups is 1. The fourth-order valence-corrected chi connectivity index (χ4v) is 2.39. The van der Waals surface area contributed by atoms with Crippen LogP contribution in [0.25, 0.3) is 0 Å². The molecule has 1 aromatic heterocycles. The van der Waals surface area contributed by atoms with Gasteiger partial charge >= 0.3 is 0 Å². The minimum atomic E-state index is -0.577. The molecule has 88 valence electrons. The maximum Gasteiger partial charge on any atom is 0.130 e. The van der Waals surface area contributed by atoms with Crippen molar-refractivity contribution in [3.8, 4) is 0 Å². The average molecular weight is 261 g/mol. The van der Waals surface area contributed by atoms with Gasteiger partial charge in [-0.15, -0.1) is 0 Å². The van der Waals surface area contributed by atoms with E-state index in [4.69, 9.17) is 23.2 Å². The second kappa shape index (κ2) is 4.49. The lowest BCUT2D eigenvalue weighted by atomic mass is 10.1. The van der Waals surface area contributed by atoms with Crippen molar-refractivity contribution in [3.63, 3.8) is 0 Å². The SMILES string of the molecule is CC1(O)CCN(Cc2cnc(Cl)cc2Cl)C1. The van der Waals surface area contributed by atoms with Gasteiger partial charge in [-0.3, -0.25) is 4.90 Å². The van der Waals surface area contributed by atoms with Gasteiger partial charge in [0.25, 0.3) is 0 Å². The van der Waals surface area contributed by atoms with E-state index in [9.17, 15) is 5.11 Å². The second-order valence-corrected chi connectivity index (χ2v) is 5.35. The van der Waals surface area contributed by atoms with Gasteiger partial charge in [-0.1, -0.05) is 23.2 Å². The molecule has 1 saturated heterocycles. The molecule has 1 atom stereocenters. The van der Waals surface area contributed by atoms with Crippen molar-refractivity contribution in [2.75, 3.05) is 13.1 Å². The van der Waals surface area contributed by atoms with Gasteiger partial charge in [0.15, 0.2) is 0 Å². The maximum atomic E-state index is 9.84. The number of hydrogen-bond donors (Lipinski definition) is 1. The summed E-state index contributed by atoms with van der Waals surface area (Å²) in [4.78, 5) is 6.17. The molecule has 16 heavy (non-hydrogen) atoms. The summed E-state index contributed by atoms with van der Waals surface area (Å²) in [6.07, 6.45) is 2.49. The largest absolute Gasteiger partial charge is 0.389 e. The molecule has 0 radical (unpaired) electrons. The summed E-state index contributed by atoms with van der Waals surface area (Å²) >= 11 is 11.8. The van der Waals surface area contributed by atoms with Gasteiger partial charge in [-0.2, -0.15) is 0 Å². The van der Waals surface area contributed by atoms with Gasteiger partial charge in [0.05, 0.1) is 5.60 Å². The molecule has 1 N–H and O–H groups in total. The lowest BCUT2D eigenvalue weighted by molar-refractivity contribution is 0.0679. The molecule has 0 amide bonds. The molecular formula is C11H14Cl2N2O. The van der Waals surface area contributed by atoms with Gasteiger partial charge in [0.2, 0.25) is 0 Å². The third kappa shape index (κ3) is 2.86. The molecule has 1 aliphatic heterocycles. The molecule has 1 aromatic rings. The number of nitrogens with zero attached hydrogens (tertiary/aromatic N) is 2. The molecule has 2 rings (SSSR count). The Kier molecular flexibility index (Phi) is 3.40. The van der Waals surface area contributed by atoms with E-state index in [-0.39, 0.29) is 0 Å². The first-order valence-electron chi connectivity index (χ1n) is 5.21. The summed E-state index contributed by atoms with van der Waals surface area (Å²) in [6, 6.07) is 1.65. The third-order valence-corrected chi connectivity index (χ3v) is 3.38. The molecule has 5 heteroatoms. The molecule has 0 spiro atoms. The highest BCUT2D eigenvalue weighted by Gasteiger charge is 2.31. The van der Waals surface area contributed by atoms with E-state index < -0.39 is 5.60 Å². The Balaban J connectivity index is 2.05. The monoisotopic (exact) mass is 260 g/mol. The van der Waals surface area contributed by atoms with E-state index in [1.807, 2.05) is 6.92 Å². The first-order valence-corrected chi connectivity index (χ1v) is 5.96. The van der Waals surface area contributed by atoms with Crippen LogP contribution < -0.4 is 0 Å². The summed E-state index contributed by atoms with van der Waals surface area (Å²) in [5.74, 6) is 0. The van der Waals surface area contributed by atoms with Gasteiger partial charge in [-0.05, 0) is 19.4 Å². The van der Waals surface area contributed by atoms with Gasteiger partial charge < -0.3 is 5.11 Å². The smallest absolute Gasteiger partial charge is 0.130 e. The minimum absolute atomic E-state index is 0.405. The third-order valence-electron chi connectivity index (χ3n) is 2.82. The fourth-order valence-electron chi connectivity index (χ4n) is 1.97. The molecule has 2 heterocycles. The summed E-state index contributed by atoms with van der Waals surface area (Å²) in [6.45, 7) is 4.12. The van der Waals surface area contributed by atoms with Crippen LogP contribution in [0, 0.1) is 0 Å². The van der Waals surface area contributed by atoms with Crippen LogP contribution in [0.15, 0.2) is 12.3 Å². The van der Waals surface area contributed by atoms with E-state index >= 15 is 0 Å². The molecule has 0 aromatic carbocycles. The molecular weight excluding hydrogens is 247 g/mol. The number of halogens is 2. The van der Waals surface area contributed by atoms with Gasteiger partial charge in [0.1, 0.15) is 5.15 Å². The quantitative estimate of drug-likeness (QED) is 0.830. The van der Waals surface area contributed by atoms with Crippen LogP contribution in [0.5, 0.6) is 0 Å². The van der Waals surface area contributed by atoms with E-state index in [0.29, 0.717) is 23.3 Å². The van der Waals surface area contributed by atoms with Crippen molar-refractivity contribution in [1.29, 1.82) is 0 Å². The van der Waals surface area contributed by atoms with Crippen LogP contribution in [0.1, 0.15) is 18.9 Å². The highest BCUT2D eigenvalue weighted by molar-refractivity contribution is 6.34. The average Bonchev–Trinajstić information content (AvgIpc) is 2.51. The Bertz CT molecular complexity index is 396. The second-order valence-electron chi connectivity index (χ2n) is 4.56. The van der Waals surface area contributed by atoms with Crippen molar-refractivity contribution < 1.29 is 5.11 Å². The molecule has 0 saturated carbocycles. The topological polar surface area (TPSA) is 36.4 Å². The number of β-amino-alcohol motifs (C(OH)–C–C–N with tert-alkyl or cyclic N) is 1. The Morgan fingerprint density at radius 1 is 1.56 bits per heavy atom.